The molecule has 0 bridgehead atoms. The molecule has 2 N–H and O–H groups in total. The van der Waals surface area contributed by atoms with Crippen molar-refractivity contribution in [1.29, 1.82) is 0 Å². The summed E-state index contributed by atoms with van der Waals surface area (Å²) in [5, 5.41) is 7.12. The predicted molar refractivity (Wildman–Crippen MR) is 116 cm³/mol. The number of rotatable bonds is 5. The highest BCUT2D eigenvalue weighted by atomic mass is 32.2. The van der Waals surface area contributed by atoms with Crippen LogP contribution < -0.4 is 14.2 Å². The minimum atomic E-state index is -5.09. The third-order valence-electron chi connectivity index (χ3n) is 5.06. The van der Waals surface area contributed by atoms with Gasteiger partial charge in [-0.05, 0) is 42.0 Å². The maximum absolute atomic E-state index is 14.6. The van der Waals surface area contributed by atoms with Crippen molar-refractivity contribution in [2.24, 2.45) is 0 Å². The molecule has 210 valence electrons. The maximum atomic E-state index is 14.6. The Labute approximate surface area is 215 Å². The molecule has 0 spiro atoms. The van der Waals surface area contributed by atoms with E-state index in [9.17, 15) is 39.2 Å². The molecule has 0 saturated heterocycles. The normalized spacial score (nSPS) is 17.2. The van der Waals surface area contributed by atoms with Crippen molar-refractivity contribution < 1.29 is 58.5 Å². The van der Waals surface area contributed by atoms with Crippen molar-refractivity contribution in [2.45, 2.75) is 29.4 Å². The van der Waals surface area contributed by atoms with Crippen LogP contribution in [0.15, 0.2) is 66.0 Å². The Morgan fingerprint density at radius 2 is 1.74 bits per heavy atom. The van der Waals surface area contributed by atoms with Crippen LogP contribution in [0.5, 0.6) is 11.5 Å². The predicted octanol–water partition coefficient (Wildman–Crippen LogP) is 4.15. The van der Waals surface area contributed by atoms with Gasteiger partial charge in [0.15, 0.2) is 11.6 Å². The number of nitrogens with zero attached hydrogens (tertiary/aromatic N) is 2. The van der Waals surface area contributed by atoms with E-state index in [0.717, 1.165) is 24.4 Å². The number of ether oxygens (including phenoxy) is 2. The van der Waals surface area contributed by atoms with Crippen LogP contribution in [-0.2, 0) is 20.4 Å². The third-order valence-corrected chi connectivity index (χ3v) is 6.54. The first-order valence-corrected chi connectivity index (χ1v) is 11.9. The molecule has 17 heteroatoms. The van der Waals surface area contributed by atoms with E-state index in [1.54, 1.807) is 12.1 Å². The van der Waals surface area contributed by atoms with Gasteiger partial charge in [0.25, 0.3) is 0 Å². The number of alkyl halides is 6. The summed E-state index contributed by atoms with van der Waals surface area (Å²) in [6.07, 6.45) is -6.24. The minimum Gasteiger partial charge on any atom is -0.491 e. The number of hydrogen-bond donors (Lipinski definition) is 2. The number of benzene rings is 1. The first kappa shape index (κ1) is 29.6. The molecule has 9 nitrogen and oxygen atoms in total. The lowest BCUT2D eigenvalue weighted by Crippen LogP contribution is -2.50. The van der Waals surface area contributed by atoms with Gasteiger partial charge in [-0.15, -0.1) is 13.2 Å². The van der Waals surface area contributed by atoms with E-state index in [1.165, 1.54) is 24.5 Å². The standard InChI is InChI=1S/C20H15F4N3O4S.C2HF3O2/c21-15-11-13(5-6-16(15)31-20(22,23)24)19(7-10-30-17-4-2-9-26-18(17)19)27-32(28,29)14-3-1-8-25-12-14;3-2(4,5)1(6)7/h1-6,8-9,11-12,27H,7,10H2;(H,6,7)/t19-;/m0./s1. The molecular formula is C22H16F7N3O6S. The number of carbonyl (C=O) groups is 1. The molecule has 2 aromatic heterocycles. The van der Waals surface area contributed by atoms with Crippen LogP contribution in [0.2, 0.25) is 0 Å². The molecule has 0 unspecified atom stereocenters. The number of carboxylic acid groups (broad SMARTS) is 1. The molecule has 3 aromatic rings. The number of pyridine rings is 2. The fourth-order valence-electron chi connectivity index (χ4n) is 3.47. The van der Waals surface area contributed by atoms with Crippen LogP contribution in [0.25, 0.3) is 0 Å². The summed E-state index contributed by atoms with van der Waals surface area (Å²) in [4.78, 5) is 16.8. The summed E-state index contributed by atoms with van der Waals surface area (Å²) >= 11 is 0. The minimum absolute atomic E-state index is 0.00454. The van der Waals surface area contributed by atoms with Crippen molar-refractivity contribution in [3.63, 3.8) is 0 Å². The van der Waals surface area contributed by atoms with E-state index in [-0.39, 0.29) is 34.9 Å². The summed E-state index contributed by atoms with van der Waals surface area (Å²) in [7, 11) is -4.20. The Bertz CT molecular complexity index is 1440. The van der Waals surface area contributed by atoms with E-state index >= 15 is 0 Å². The lowest BCUT2D eigenvalue weighted by atomic mass is 9.82. The third kappa shape index (κ3) is 7.11. The van der Waals surface area contributed by atoms with E-state index in [4.69, 9.17) is 14.6 Å². The van der Waals surface area contributed by atoms with Crippen molar-refractivity contribution >= 4 is 16.0 Å². The molecule has 0 amide bonds. The van der Waals surface area contributed by atoms with Gasteiger partial charge in [-0.2, -0.15) is 17.9 Å². The van der Waals surface area contributed by atoms with Gasteiger partial charge in [-0.1, -0.05) is 6.07 Å². The van der Waals surface area contributed by atoms with Gasteiger partial charge in [0.1, 0.15) is 21.9 Å². The molecule has 1 aromatic carbocycles. The van der Waals surface area contributed by atoms with Gasteiger partial charge in [-0.25, -0.2) is 17.6 Å². The van der Waals surface area contributed by atoms with Crippen molar-refractivity contribution in [2.75, 3.05) is 6.61 Å². The van der Waals surface area contributed by atoms with Gasteiger partial charge >= 0.3 is 18.5 Å². The Kier molecular flexibility index (Phi) is 8.35. The van der Waals surface area contributed by atoms with Crippen molar-refractivity contribution in [3.8, 4) is 11.5 Å². The quantitative estimate of drug-likeness (QED) is 0.429. The van der Waals surface area contributed by atoms with Gasteiger partial charge in [0.05, 0.1) is 6.61 Å². The Balaban J connectivity index is 0.000000532. The molecule has 3 heterocycles. The number of hydrogen-bond acceptors (Lipinski definition) is 7. The summed E-state index contributed by atoms with van der Waals surface area (Å²) in [6.45, 7) is 0.0384. The number of aliphatic carboxylic acids is 1. The molecule has 39 heavy (non-hydrogen) atoms. The highest BCUT2D eigenvalue weighted by Gasteiger charge is 2.45. The van der Waals surface area contributed by atoms with Gasteiger partial charge < -0.3 is 14.6 Å². The number of halogens is 7. The second kappa shape index (κ2) is 11.0. The number of carboxylic acids is 1. The maximum Gasteiger partial charge on any atom is 0.573 e. The second-order valence-corrected chi connectivity index (χ2v) is 9.33. The molecule has 4 rings (SSSR count). The summed E-state index contributed by atoms with van der Waals surface area (Å²) in [5.41, 5.74) is -1.45. The van der Waals surface area contributed by atoms with E-state index < -0.39 is 45.6 Å². The lowest BCUT2D eigenvalue weighted by Gasteiger charge is -2.38. The first-order chi connectivity index (χ1) is 18.1. The van der Waals surface area contributed by atoms with Crippen LogP contribution in [0.3, 0.4) is 0 Å². The van der Waals surface area contributed by atoms with Gasteiger partial charge in [-0.3, -0.25) is 9.97 Å². The zero-order valence-electron chi connectivity index (χ0n) is 19.1. The Hall–Kier alpha value is -3.99. The van der Waals surface area contributed by atoms with Gasteiger partial charge in [0.2, 0.25) is 10.0 Å². The second-order valence-electron chi connectivity index (χ2n) is 7.64. The van der Waals surface area contributed by atoms with Crippen LogP contribution in [0.1, 0.15) is 17.7 Å². The molecule has 0 fully saturated rings. The zero-order chi connectivity index (χ0) is 29.1. The van der Waals surface area contributed by atoms with Crippen molar-refractivity contribution in [3.05, 3.63) is 78.1 Å². The summed E-state index contributed by atoms with van der Waals surface area (Å²) < 4.78 is 122. The lowest BCUT2D eigenvalue weighted by molar-refractivity contribution is -0.275. The molecule has 1 aliphatic heterocycles. The number of aromatic nitrogens is 2. The Morgan fingerprint density at radius 3 is 2.31 bits per heavy atom. The summed E-state index contributed by atoms with van der Waals surface area (Å²) in [5.74, 6) is -4.86. The smallest absolute Gasteiger partial charge is 0.491 e. The van der Waals surface area contributed by atoms with Crippen molar-refractivity contribution in [1.82, 2.24) is 14.7 Å². The Morgan fingerprint density at radius 1 is 1.08 bits per heavy atom. The SMILES string of the molecule is O=C(O)C(F)(F)F.O=S(=O)(N[C@]1(c2ccc(OC(F)(F)F)c(F)c2)CCOc2cccnc21)c1cccnc1. The number of fused-ring (bicyclic) bond motifs is 1. The largest absolute Gasteiger partial charge is 0.573 e. The highest BCUT2D eigenvalue weighted by molar-refractivity contribution is 7.89. The van der Waals surface area contributed by atoms with Crippen LogP contribution in [0.4, 0.5) is 30.7 Å². The molecule has 0 saturated carbocycles. The van der Waals surface area contributed by atoms with E-state index in [2.05, 4.69) is 19.4 Å². The average molecular weight is 583 g/mol. The molecule has 1 aliphatic rings. The first-order valence-electron chi connectivity index (χ1n) is 10.4. The summed E-state index contributed by atoms with van der Waals surface area (Å²) in [6, 6.07) is 8.62. The average Bonchev–Trinajstić information content (AvgIpc) is 2.85. The van der Waals surface area contributed by atoms with Crippen LogP contribution >= 0.6 is 0 Å². The molecular weight excluding hydrogens is 567 g/mol. The van der Waals surface area contributed by atoms with E-state index in [0.29, 0.717) is 0 Å². The topological polar surface area (TPSA) is 128 Å². The van der Waals surface area contributed by atoms with E-state index in [1.807, 2.05) is 0 Å². The zero-order valence-corrected chi connectivity index (χ0v) is 19.9. The molecule has 1 atom stereocenters. The van der Waals surface area contributed by atoms with Crippen LogP contribution in [0, 0.1) is 5.82 Å². The monoisotopic (exact) mass is 583 g/mol. The van der Waals surface area contributed by atoms with Gasteiger partial charge in [0, 0.05) is 25.0 Å². The fraction of sp³-hybridized carbons (Fsp3) is 0.227. The number of nitrogens with one attached hydrogen (secondary N) is 1. The highest BCUT2D eigenvalue weighted by Crippen LogP contribution is 2.42. The van der Waals surface area contributed by atoms with Crippen LogP contribution in [-0.4, -0.2) is 48.6 Å². The molecule has 0 aliphatic carbocycles. The fourth-order valence-corrected chi connectivity index (χ4v) is 4.82. The number of sulfonamides is 1. The molecule has 0 radical (unpaired) electrons.